The number of amides is 2. The molecule has 1 aromatic rings. The number of phenolic OH excluding ortho intramolecular Hbond substituents is 1. The summed E-state index contributed by atoms with van der Waals surface area (Å²) >= 11 is 0. The predicted molar refractivity (Wildman–Crippen MR) is 213 cm³/mol. The van der Waals surface area contributed by atoms with E-state index in [1.54, 1.807) is 23.1 Å². The molecule has 1 heterocycles. The maximum Gasteiger partial charge on any atom is 0.251 e. The van der Waals surface area contributed by atoms with Crippen molar-refractivity contribution in [2.45, 2.75) is 20.3 Å². The highest BCUT2D eigenvalue weighted by atomic mass is 16.6. The van der Waals surface area contributed by atoms with Gasteiger partial charge in [-0.05, 0) is 30.3 Å². The highest BCUT2D eigenvalue weighted by molar-refractivity contribution is 5.93. The van der Waals surface area contributed by atoms with Crippen molar-refractivity contribution in [1.29, 1.82) is 0 Å². The van der Waals surface area contributed by atoms with Crippen LogP contribution in [0.1, 0.15) is 20.3 Å². The van der Waals surface area contributed by atoms with Crippen LogP contribution in [-0.2, 0) is 66.4 Å². The number of aromatic hydroxyl groups is 1. The number of carbonyl (C=O) groups is 2. The largest absolute Gasteiger partial charge is 0.508 e. The Labute approximate surface area is 338 Å². The number of rotatable bonds is 40. The first-order valence-corrected chi connectivity index (χ1v) is 19.8. The molecule has 0 radical (unpaired) electrons. The van der Waals surface area contributed by atoms with E-state index < -0.39 is 0 Å². The van der Waals surface area contributed by atoms with Gasteiger partial charge in [-0.3, -0.25) is 9.59 Å². The summed E-state index contributed by atoms with van der Waals surface area (Å²) in [7, 11) is 0. The number of hydrogen-bond donors (Lipinski definition) is 2. The Kier molecular flexibility index (Phi) is 36.3. The van der Waals surface area contributed by atoms with Crippen LogP contribution in [0.5, 0.6) is 5.75 Å². The summed E-state index contributed by atoms with van der Waals surface area (Å²) in [6.45, 7) is 19.3. The number of nitrogens with zero attached hydrogens (tertiary/aromatic N) is 1. The summed E-state index contributed by atoms with van der Waals surface area (Å²) in [5.41, 5.74) is 1.31. The summed E-state index contributed by atoms with van der Waals surface area (Å²) in [4.78, 5) is 25.0. The van der Waals surface area contributed by atoms with E-state index in [4.69, 9.17) is 56.8 Å². The van der Waals surface area contributed by atoms with Crippen LogP contribution in [0.2, 0.25) is 0 Å². The Morgan fingerprint density at radius 3 is 1.11 bits per heavy atom. The van der Waals surface area contributed by atoms with E-state index in [1.807, 2.05) is 13.8 Å². The minimum Gasteiger partial charge on any atom is -0.508 e. The van der Waals surface area contributed by atoms with E-state index in [0.717, 1.165) is 0 Å². The van der Waals surface area contributed by atoms with Gasteiger partial charge in [0.25, 0.3) is 5.91 Å². The molecule has 2 rings (SSSR count). The van der Waals surface area contributed by atoms with Crippen molar-refractivity contribution >= 4 is 17.5 Å². The van der Waals surface area contributed by atoms with Crippen LogP contribution in [0.3, 0.4) is 0 Å². The van der Waals surface area contributed by atoms with Crippen molar-refractivity contribution in [3.8, 4) is 5.75 Å². The molecule has 1 aliphatic heterocycles. The highest BCUT2D eigenvalue weighted by Crippen LogP contribution is 2.14. The molecular formula is C40H68N2O15. The van der Waals surface area contributed by atoms with E-state index >= 15 is 0 Å². The van der Waals surface area contributed by atoms with Gasteiger partial charge in [-0.25, -0.2) is 0 Å². The number of allylic oxidation sites excluding steroid dienone is 1. The molecule has 0 aromatic heterocycles. The molecule has 0 saturated heterocycles. The highest BCUT2D eigenvalue weighted by Gasteiger charge is 2.17. The van der Waals surface area contributed by atoms with Crippen LogP contribution < -0.4 is 5.32 Å². The van der Waals surface area contributed by atoms with Gasteiger partial charge in [0, 0.05) is 24.0 Å². The third-order valence-electron chi connectivity index (χ3n) is 7.21. The second kappa shape index (κ2) is 39.8. The van der Waals surface area contributed by atoms with E-state index in [0.29, 0.717) is 176 Å². The normalized spacial score (nSPS) is 12.4. The molecule has 0 aliphatic carbocycles. The smallest absolute Gasteiger partial charge is 0.251 e. The lowest BCUT2D eigenvalue weighted by atomic mass is 10.3. The minimum absolute atomic E-state index is 0.0621. The number of anilines is 1. The number of nitrogens with one attached hydrogen (secondary N) is 1. The molecule has 57 heavy (non-hydrogen) atoms. The van der Waals surface area contributed by atoms with E-state index in [-0.39, 0.29) is 24.0 Å². The maximum atomic E-state index is 11.9. The van der Waals surface area contributed by atoms with E-state index in [9.17, 15) is 14.7 Å². The van der Waals surface area contributed by atoms with Crippen molar-refractivity contribution in [3.05, 3.63) is 48.7 Å². The third-order valence-corrected chi connectivity index (χ3v) is 7.21. The van der Waals surface area contributed by atoms with Crippen LogP contribution in [-0.4, -0.2) is 187 Å². The molecule has 17 heteroatoms. The summed E-state index contributed by atoms with van der Waals surface area (Å²) in [6.07, 6.45) is 3.43. The van der Waals surface area contributed by atoms with Crippen molar-refractivity contribution in [2.24, 2.45) is 0 Å². The van der Waals surface area contributed by atoms with Gasteiger partial charge in [0.2, 0.25) is 5.91 Å². The van der Waals surface area contributed by atoms with Crippen LogP contribution in [0.4, 0.5) is 5.69 Å². The molecule has 0 atom stereocenters. The number of phenols is 1. The Balaban J connectivity index is 0.00000799. The zero-order valence-electron chi connectivity index (χ0n) is 34.2. The molecule has 328 valence electrons. The van der Waals surface area contributed by atoms with E-state index in [1.165, 1.54) is 18.2 Å². The third kappa shape index (κ3) is 32.6. The van der Waals surface area contributed by atoms with Crippen molar-refractivity contribution in [1.82, 2.24) is 4.90 Å². The maximum absolute atomic E-state index is 11.9. The SMILES string of the molecule is C=C1C=CC(=O)N1CCOCCOCCOCCOCCOCCOCCOCCOCCOCCOCCOCCOCCC(=O)Nc1ccc(O)cc1.CC. The second-order valence-corrected chi connectivity index (χ2v) is 11.5. The average Bonchev–Trinajstić information content (AvgIpc) is 3.54. The first-order valence-electron chi connectivity index (χ1n) is 19.8. The first kappa shape index (κ1) is 52.0. The Morgan fingerprint density at radius 1 is 0.509 bits per heavy atom. The van der Waals surface area contributed by atoms with Gasteiger partial charge in [-0.15, -0.1) is 0 Å². The van der Waals surface area contributed by atoms with Gasteiger partial charge in [-0.1, -0.05) is 20.4 Å². The molecule has 0 saturated carbocycles. The summed E-state index contributed by atoms with van der Waals surface area (Å²) in [5, 5.41) is 12.0. The average molecular weight is 817 g/mol. The van der Waals surface area contributed by atoms with Crippen LogP contribution in [0.15, 0.2) is 48.7 Å². The van der Waals surface area contributed by atoms with Crippen molar-refractivity contribution in [3.63, 3.8) is 0 Å². The van der Waals surface area contributed by atoms with Gasteiger partial charge >= 0.3 is 0 Å². The fourth-order valence-electron chi connectivity index (χ4n) is 4.35. The fourth-order valence-corrected chi connectivity index (χ4v) is 4.35. The summed E-state index contributed by atoms with van der Waals surface area (Å²) in [6, 6.07) is 6.28. The number of hydrogen-bond acceptors (Lipinski definition) is 15. The monoisotopic (exact) mass is 816 g/mol. The lowest BCUT2D eigenvalue weighted by Gasteiger charge is -2.16. The van der Waals surface area contributed by atoms with Crippen LogP contribution in [0, 0.1) is 0 Å². The summed E-state index contributed by atoms with van der Waals surface area (Å²) < 4.78 is 65.6. The summed E-state index contributed by atoms with van der Waals surface area (Å²) in [5.74, 6) is -0.0748. The van der Waals surface area contributed by atoms with Crippen LogP contribution >= 0.6 is 0 Å². The number of carbonyl (C=O) groups excluding carboxylic acids is 2. The molecule has 2 amide bonds. The molecule has 0 bridgehead atoms. The second-order valence-electron chi connectivity index (χ2n) is 11.5. The van der Waals surface area contributed by atoms with Gasteiger partial charge in [-0.2, -0.15) is 0 Å². The molecule has 17 nitrogen and oxygen atoms in total. The first-order chi connectivity index (χ1) is 28.1. The van der Waals surface area contributed by atoms with E-state index in [2.05, 4.69) is 11.9 Å². The molecule has 0 spiro atoms. The van der Waals surface area contributed by atoms with Gasteiger partial charge < -0.3 is 72.2 Å². The van der Waals surface area contributed by atoms with Crippen molar-refractivity contribution < 1.29 is 71.5 Å². The number of ether oxygens (including phenoxy) is 12. The molecule has 1 aliphatic rings. The molecule has 0 unspecified atom stereocenters. The number of benzene rings is 1. The molecule has 0 fully saturated rings. The van der Waals surface area contributed by atoms with Gasteiger partial charge in [0.15, 0.2) is 0 Å². The molecule has 2 N–H and O–H groups in total. The Hall–Kier alpha value is -3.04. The van der Waals surface area contributed by atoms with Gasteiger partial charge in [0.1, 0.15) is 5.75 Å². The zero-order valence-corrected chi connectivity index (χ0v) is 34.2. The van der Waals surface area contributed by atoms with Crippen LogP contribution in [0.25, 0.3) is 0 Å². The quantitative estimate of drug-likeness (QED) is 0.0729. The predicted octanol–water partition coefficient (Wildman–Crippen LogP) is 2.86. The van der Waals surface area contributed by atoms with Crippen molar-refractivity contribution in [2.75, 3.05) is 170 Å². The molecular weight excluding hydrogens is 748 g/mol. The minimum atomic E-state index is -0.159. The lowest BCUT2D eigenvalue weighted by molar-refractivity contribution is -0.124. The lowest BCUT2D eigenvalue weighted by Crippen LogP contribution is -2.28. The van der Waals surface area contributed by atoms with Gasteiger partial charge in [0.05, 0.1) is 165 Å². The Morgan fingerprint density at radius 2 is 0.807 bits per heavy atom. The zero-order chi connectivity index (χ0) is 41.3. The Bertz CT molecular complexity index is 1110. The topological polar surface area (TPSA) is 180 Å². The molecule has 1 aromatic carbocycles. The standard InChI is InChI=1S/C38H62N2O15.C2H6/c1-34-2-7-38(43)40(34)9-11-45-13-15-47-17-19-49-21-23-51-25-27-53-29-31-55-33-32-54-30-28-52-26-24-50-22-20-48-18-16-46-14-12-44-10-8-37(42)39-35-3-5-36(41)6-4-35;1-2/h2-7,41H,1,8-33H2,(H,39,42);1-2H3. The fraction of sp³-hybridized carbons (Fsp3) is 0.700.